The van der Waals surface area contributed by atoms with E-state index >= 15 is 0 Å². The fourth-order valence-electron chi connectivity index (χ4n) is 2.77. The van der Waals surface area contributed by atoms with Crippen molar-refractivity contribution in [3.05, 3.63) is 23.8 Å². The maximum Gasteiger partial charge on any atom is 0.161 e. The summed E-state index contributed by atoms with van der Waals surface area (Å²) in [6.45, 7) is 3.19. The molecule has 1 aromatic rings. The van der Waals surface area contributed by atoms with E-state index in [1.165, 1.54) is 0 Å². The van der Waals surface area contributed by atoms with E-state index in [1.54, 1.807) is 0 Å². The molecule has 2 aliphatic heterocycles. The topological polar surface area (TPSA) is 50.7 Å². The summed E-state index contributed by atoms with van der Waals surface area (Å²) in [6.07, 6.45) is 3.22. The van der Waals surface area contributed by atoms with Gasteiger partial charge in [-0.25, -0.2) is 0 Å². The summed E-state index contributed by atoms with van der Waals surface area (Å²) < 4.78 is 11.3. The average molecular weight is 263 g/mol. The van der Waals surface area contributed by atoms with Crippen molar-refractivity contribution in [2.45, 2.75) is 31.3 Å². The highest BCUT2D eigenvalue weighted by atomic mass is 16.5. The van der Waals surface area contributed by atoms with E-state index in [2.05, 4.69) is 5.32 Å². The third kappa shape index (κ3) is 3.01. The number of rotatable bonds is 2. The Balaban J connectivity index is 1.76. The highest BCUT2D eigenvalue weighted by Crippen LogP contribution is 2.32. The Morgan fingerprint density at radius 3 is 2.63 bits per heavy atom. The molecule has 0 spiro atoms. The summed E-state index contributed by atoms with van der Waals surface area (Å²) >= 11 is 0. The largest absolute Gasteiger partial charge is 0.490 e. The van der Waals surface area contributed by atoms with Gasteiger partial charge in [0.25, 0.3) is 0 Å². The summed E-state index contributed by atoms with van der Waals surface area (Å²) in [6, 6.07) is 6.01. The minimum atomic E-state index is -0.578. The van der Waals surface area contributed by atoms with Gasteiger partial charge in [-0.2, -0.15) is 0 Å². The van der Waals surface area contributed by atoms with Crippen LogP contribution in [0.2, 0.25) is 0 Å². The van der Waals surface area contributed by atoms with Crippen molar-refractivity contribution in [2.75, 3.05) is 26.3 Å². The van der Waals surface area contributed by atoms with Gasteiger partial charge in [0.15, 0.2) is 11.5 Å². The first kappa shape index (κ1) is 12.8. The van der Waals surface area contributed by atoms with Crippen LogP contribution in [0.4, 0.5) is 0 Å². The van der Waals surface area contributed by atoms with Crippen LogP contribution in [-0.4, -0.2) is 37.0 Å². The summed E-state index contributed by atoms with van der Waals surface area (Å²) in [7, 11) is 0. The number of aliphatic hydroxyl groups is 1. The third-order valence-corrected chi connectivity index (χ3v) is 3.88. The number of hydrogen-bond acceptors (Lipinski definition) is 4. The average Bonchev–Trinajstić information content (AvgIpc) is 2.64. The molecule has 0 saturated carbocycles. The van der Waals surface area contributed by atoms with Crippen molar-refractivity contribution in [1.29, 1.82) is 0 Å². The van der Waals surface area contributed by atoms with Crippen molar-refractivity contribution in [2.24, 2.45) is 0 Å². The van der Waals surface area contributed by atoms with Gasteiger partial charge in [0, 0.05) is 12.8 Å². The molecule has 19 heavy (non-hydrogen) atoms. The van der Waals surface area contributed by atoms with Gasteiger partial charge in [-0.3, -0.25) is 0 Å². The Kier molecular flexibility index (Phi) is 3.62. The predicted octanol–water partition coefficient (Wildman–Crippen LogP) is 1.50. The zero-order valence-corrected chi connectivity index (χ0v) is 11.2. The molecule has 0 atom stereocenters. The zero-order valence-electron chi connectivity index (χ0n) is 11.2. The first-order chi connectivity index (χ1) is 9.25. The second-order valence-electron chi connectivity index (χ2n) is 5.48. The van der Waals surface area contributed by atoms with Crippen LogP contribution in [0.25, 0.3) is 0 Å². The van der Waals surface area contributed by atoms with Gasteiger partial charge in [0.05, 0.1) is 18.8 Å². The van der Waals surface area contributed by atoms with E-state index in [1.807, 2.05) is 18.2 Å². The van der Waals surface area contributed by atoms with E-state index in [0.29, 0.717) is 19.6 Å². The Morgan fingerprint density at radius 1 is 1.11 bits per heavy atom. The van der Waals surface area contributed by atoms with Gasteiger partial charge in [-0.05, 0) is 43.6 Å². The highest BCUT2D eigenvalue weighted by molar-refractivity contribution is 5.43. The quantitative estimate of drug-likeness (QED) is 0.849. The van der Waals surface area contributed by atoms with Crippen LogP contribution in [0, 0.1) is 0 Å². The molecule has 2 aliphatic rings. The second kappa shape index (κ2) is 5.39. The lowest BCUT2D eigenvalue weighted by molar-refractivity contribution is 0.0108. The summed E-state index contributed by atoms with van der Waals surface area (Å²) in [4.78, 5) is 0. The Bertz CT molecular complexity index is 441. The fourth-order valence-corrected chi connectivity index (χ4v) is 2.77. The summed E-state index contributed by atoms with van der Waals surface area (Å²) in [5.74, 6) is 1.63. The summed E-state index contributed by atoms with van der Waals surface area (Å²) in [5, 5.41) is 13.9. The smallest absolute Gasteiger partial charge is 0.161 e. The number of fused-ring (bicyclic) bond motifs is 1. The first-order valence-corrected chi connectivity index (χ1v) is 7.07. The van der Waals surface area contributed by atoms with Crippen molar-refractivity contribution >= 4 is 0 Å². The molecular formula is C15H21NO3. The maximum atomic E-state index is 10.6. The Labute approximate surface area is 113 Å². The molecule has 4 heteroatoms. The number of hydrogen-bond donors (Lipinski definition) is 2. The lowest BCUT2D eigenvalue weighted by atomic mass is 9.86. The Hall–Kier alpha value is -1.26. The van der Waals surface area contributed by atoms with Crippen LogP contribution in [0.15, 0.2) is 18.2 Å². The molecule has 0 unspecified atom stereocenters. The monoisotopic (exact) mass is 263 g/mol. The van der Waals surface area contributed by atoms with Gasteiger partial charge in [0.2, 0.25) is 0 Å². The molecule has 0 radical (unpaired) electrons. The van der Waals surface area contributed by atoms with Crippen LogP contribution < -0.4 is 14.8 Å². The zero-order chi connectivity index (χ0) is 13.1. The van der Waals surface area contributed by atoms with Gasteiger partial charge in [0.1, 0.15) is 0 Å². The lowest BCUT2D eigenvalue weighted by Crippen LogP contribution is -2.43. The molecule has 0 amide bonds. The van der Waals surface area contributed by atoms with Gasteiger partial charge in [-0.1, -0.05) is 6.07 Å². The predicted molar refractivity (Wildman–Crippen MR) is 72.8 cm³/mol. The van der Waals surface area contributed by atoms with E-state index in [4.69, 9.17) is 9.47 Å². The van der Waals surface area contributed by atoms with Gasteiger partial charge >= 0.3 is 0 Å². The van der Waals surface area contributed by atoms with Gasteiger partial charge in [-0.15, -0.1) is 0 Å². The standard InChI is InChI=1S/C15H21NO3/c17-15(4-6-16-7-5-15)11-12-2-3-13-14(10-12)19-9-1-8-18-13/h2-3,10,16-17H,1,4-9,11H2. The number of piperidine rings is 1. The molecule has 0 bridgehead atoms. The van der Waals surface area contributed by atoms with E-state index in [-0.39, 0.29) is 0 Å². The number of ether oxygens (including phenoxy) is 2. The molecule has 1 saturated heterocycles. The Morgan fingerprint density at radius 2 is 1.84 bits per heavy atom. The lowest BCUT2D eigenvalue weighted by Gasteiger charge is -2.32. The number of nitrogens with one attached hydrogen (secondary N) is 1. The molecule has 2 heterocycles. The van der Waals surface area contributed by atoms with Crippen LogP contribution in [0.3, 0.4) is 0 Å². The van der Waals surface area contributed by atoms with Crippen LogP contribution in [0.1, 0.15) is 24.8 Å². The summed E-state index contributed by atoms with van der Waals surface area (Å²) in [5.41, 5.74) is 0.541. The first-order valence-electron chi connectivity index (χ1n) is 7.07. The van der Waals surface area contributed by atoms with E-state index in [0.717, 1.165) is 49.4 Å². The minimum Gasteiger partial charge on any atom is -0.490 e. The van der Waals surface area contributed by atoms with E-state index < -0.39 is 5.60 Å². The molecule has 2 N–H and O–H groups in total. The molecule has 104 valence electrons. The second-order valence-corrected chi connectivity index (χ2v) is 5.48. The maximum absolute atomic E-state index is 10.6. The molecule has 1 fully saturated rings. The van der Waals surface area contributed by atoms with Crippen molar-refractivity contribution < 1.29 is 14.6 Å². The molecule has 3 rings (SSSR count). The third-order valence-electron chi connectivity index (χ3n) is 3.88. The van der Waals surface area contributed by atoms with Crippen LogP contribution in [0.5, 0.6) is 11.5 Å². The highest BCUT2D eigenvalue weighted by Gasteiger charge is 2.29. The molecule has 0 aliphatic carbocycles. The van der Waals surface area contributed by atoms with Crippen molar-refractivity contribution in [1.82, 2.24) is 5.32 Å². The van der Waals surface area contributed by atoms with Crippen LogP contribution >= 0.6 is 0 Å². The van der Waals surface area contributed by atoms with Crippen LogP contribution in [-0.2, 0) is 6.42 Å². The van der Waals surface area contributed by atoms with E-state index in [9.17, 15) is 5.11 Å². The normalized spacial score (nSPS) is 21.7. The molecule has 4 nitrogen and oxygen atoms in total. The molecule has 0 aromatic heterocycles. The number of benzene rings is 1. The van der Waals surface area contributed by atoms with Gasteiger partial charge < -0.3 is 19.9 Å². The minimum absolute atomic E-state index is 0.578. The van der Waals surface area contributed by atoms with Crippen molar-refractivity contribution in [3.63, 3.8) is 0 Å². The molecular weight excluding hydrogens is 242 g/mol. The molecule has 1 aromatic carbocycles. The SMILES string of the molecule is OC1(Cc2ccc3c(c2)OCCCO3)CCNCC1. The van der Waals surface area contributed by atoms with Crippen molar-refractivity contribution in [3.8, 4) is 11.5 Å². The fraction of sp³-hybridized carbons (Fsp3) is 0.600.